The van der Waals surface area contributed by atoms with Crippen molar-refractivity contribution in [1.29, 1.82) is 0 Å². The lowest BCUT2D eigenvalue weighted by atomic mass is 10.0. The topological polar surface area (TPSA) is 88.9 Å². The molecule has 146 valence electrons. The zero-order valence-corrected chi connectivity index (χ0v) is 17.7. The summed E-state index contributed by atoms with van der Waals surface area (Å²) in [5.41, 5.74) is 5.52. The Balaban J connectivity index is 1.79. The van der Waals surface area contributed by atoms with E-state index in [9.17, 15) is 9.59 Å². The van der Waals surface area contributed by atoms with Gasteiger partial charge in [-0.25, -0.2) is 0 Å². The van der Waals surface area contributed by atoms with Crippen LogP contribution in [0.4, 0.5) is 0 Å². The Bertz CT molecular complexity index is 1040. The quantitative estimate of drug-likeness (QED) is 0.472. The SMILES string of the molecule is CC(=O)c1c(C)[nH]c(C(=O)[C@H](C)Sc2nnc(-c3cc(C)cc(C)c3)o2)c1C. The molecule has 0 saturated carbocycles. The fourth-order valence-electron chi connectivity index (χ4n) is 3.40. The summed E-state index contributed by atoms with van der Waals surface area (Å²) in [6.07, 6.45) is 0. The second kappa shape index (κ2) is 7.75. The molecule has 3 aromatic rings. The molecule has 6 nitrogen and oxygen atoms in total. The van der Waals surface area contributed by atoms with Crippen molar-refractivity contribution >= 4 is 23.3 Å². The van der Waals surface area contributed by atoms with E-state index in [0.29, 0.717) is 33.6 Å². The van der Waals surface area contributed by atoms with Crippen molar-refractivity contribution < 1.29 is 14.0 Å². The Kier molecular flexibility index (Phi) is 5.56. The van der Waals surface area contributed by atoms with Crippen molar-refractivity contribution in [3.05, 3.63) is 51.8 Å². The summed E-state index contributed by atoms with van der Waals surface area (Å²) in [6, 6.07) is 6.04. The fraction of sp³-hybridized carbons (Fsp3) is 0.333. The van der Waals surface area contributed by atoms with Gasteiger partial charge in [-0.1, -0.05) is 29.0 Å². The van der Waals surface area contributed by atoms with Crippen LogP contribution in [-0.2, 0) is 0 Å². The van der Waals surface area contributed by atoms with Crippen molar-refractivity contribution in [2.45, 2.75) is 52.0 Å². The van der Waals surface area contributed by atoms with E-state index in [1.807, 2.05) is 26.0 Å². The molecule has 0 fully saturated rings. The molecule has 0 aliphatic heterocycles. The largest absolute Gasteiger partial charge is 0.411 e. The summed E-state index contributed by atoms with van der Waals surface area (Å²) in [5, 5.41) is 8.08. The van der Waals surface area contributed by atoms with Gasteiger partial charge < -0.3 is 9.40 Å². The molecule has 2 aromatic heterocycles. The highest BCUT2D eigenvalue weighted by Crippen LogP contribution is 2.30. The molecule has 0 unspecified atom stereocenters. The van der Waals surface area contributed by atoms with Gasteiger partial charge in [0.2, 0.25) is 5.89 Å². The van der Waals surface area contributed by atoms with Gasteiger partial charge in [0.05, 0.1) is 10.9 Å². The van der Waals surface area contributed by atoms with Crippen LogP contribution in [0.15, 0.2) is 27.8 Å². The van der Waals surface area contributed by atoms with E-state index in [-0.39, 0.29) is 11.6 Å². The summed E-state index contributed by atoms with van der Waals surface area (Å²) < 4.78 is 5.76. The van der Waals surface area contributed by atoms with E-state index in [4.69, 9.17) is 4.42 Å². The second-order valence-electron chi connectivity index (χ2n) is 7.06. The first-order chi connectivity index (χ1) is 13.2. The second-order valence-corrected chi connectivity index (χ2v) is 8.35. The van der Waals surface area contributed by atoms with Crippen molar-refractivity contribution in [2.24, 2.45) is 0 Å². The third-order valence-corrected chi connectivity index (χ3v) is 5.49. The number of rotatable bonds is 6. The van der Waals surface area contributed by atoms with Crippen molar-refractivity contribution in [1.82, 2.24) is 15.2 Å². The predicted octanol–water partition coefficient (Wildman–Crippen LogP) is 4.86. The molecule has 0 amide bonds. The zero-order chi connectivity index (χ0) is 20.6. The van der Waals surface area contributed by atoms with Crippen molar-refractivity contribution in [3.8, 4) is 11.5 Å². The number of aryl methyl sites for hydroxylation is 3. The summed E-state index contributed by atoms with van der Waals surface area (Å²) >= 11 is 1.21. The van der Waals surface area contributed by atoms with Gasteiger partial charge in [0.25, 0.3) is 5.22 Å². The first-order valence-corrected chi connectivity index (χ1v) is 9.88. The minimum atomic E-state index is -0.441. The van der Waals surface area contributed by atoms with E-state index >= 15 is 0 Å². The van der Waals surface area contributed by atoms with E-state index in [2.05, 4.69) is 21.2 Å². The number of aromatic amines is 1. The van der Waals surface area contributed by atoms with E-state index in [0.717, 1.165) is 16.7 Å². The molecule has 0 aliphatic rings. The van der Waals surface area contributed by atoms with Crippen molar-refractivity contribution in [3.63, 3.8) is 0 Å². The fourth-order valence-corrected chi connectivity index (χ4v) is 4.15. The van der Waals surface area contributed by atoms with Gasteiger partial charge in [-0.05, 0) is 59.2 Å². The Morgan fingerprint density at radius 2 is 1.71 bits per heavy atom. The number of carbonyl (C=O) groups is 2. The third-order valence-electron chi connectivity index (χ3n) is 4.56. The van der Waals surface area contributed by atoms with Gasteiger partial charge in [-0.3, -0.25) is 9.59 Å². The number of Topliss-reactive ketones (excluding diaryl/α,β-unsaturated/α-hetero) is 2. The highest BCUT2D eigenvalue weighted by Gasteiger charge is 2.25. The Morgan fingerprint density at radius 3 is 2.29 bits per heavy atom. The van der Waals surface area contributed by atoms with E-state index in [1.165, 1.54) is 18.7 Å². The normalized spacial score (nSPS) is 12.2. The number of ketones is 2. The lowest BCUT2D eigenvalue weighted by Gasteiger charge is -2.07. The Hall–Kier alpha value is -2.67. The number of thioether (sulfide) groups is 1. The van der Waals surface area contributed by atoms with Crippen LogP contribution in [0.1, 0.15) is 57.1 Å². The van der Waals surface area contributed by atoms with Crippen LogP contribution in [0.5, 0.6) is 0 Å². The maximum Gasteiger partial charge on any atom is 0.277 e. The summed E-state index contributed by atoms with van der Waals surface area (Å²) in [6.45, 7) is 10.9. The highest BCUT2D eigenvalue weighted by atomic mass is 32.2. The first-order valence-electron chi connectivity index (χ1n) is 9.00. The number of hydrogen-bond donors (Lipinski definition) is 1. The molecule has 2 heterocycles. The Morgan fingerprint density at radius 1 is 1.07 bits per heavy atom. The molecule has 0 aliphatic carbocycles. The molecule has 7 heteroatoms. The maximum atomic E-state index is 12.9. The van der Waals surface area contributed by atoms with Crippen LogP contribution in [0, 0.1) is 27.7 Å². The van der Waals surface area contributed by atoms with Crippen molar-refractivity contribution in [2.75, 3.05) is 0 Å². The average Bonchev–Trinajstić information content (AvgIpc) is 3.17. The minimum absolute atomic E-state index is 0.0550. The van der Waals surface area contributed by atoms with E-state index < -0.39 is 5.25 Å². The molecular weight excluding hydrogens is 374 g/mol. The smallest absolute Gasteiger partial charge is 0.277 e. The summed E-state index contributed by atoms with van der Waals surface area (Å²) in [5.74, 6) is 0.268. The molecule has 0 saturated heterocycles. The summed E-state index contributed by atoms with van der Waals surface area (Å²) in [7, 11) is 0. The van der Waals surface area contributed by atoms with Gasteiger partial charge in [0.1, 0.15) is 0 Å². The number of aromatic nitrogens is 3. The average molecular weight is 398 g/mol. The van der Waals surface area contributed by atoms with Gasteiger partial charge in [0, 0.05) is 16.8 Å². The highest BCUT2D eigenvalue weighted by molar-refractivity contribution is 8.00. The first kappa shape index (κ1) is 20.1. The lowest BCUT2D eigenvalue weighted by Crippen LogP contribution is -2.15. The van der Waals surface area contributed by atoms with Gasteiger partial charge in [-0.2, -0.15) is 0 Å². The van der Waals surface area contributed by atoms with Crippen LogP contribution in [-0.4, -0.2) is 32.0 Å². The number of nitrogens with zero attached hydrogens (tertiary/aromatic N) is 2. The van der Waals surface area contributed by atoms with Gasteiger partial charge >= 0.3 is 0 Å². The lowest BCUT2D eigenvalue weighted by molar-refractivity contribution is 0.0988. The van der Waals surface area contributed by atoms with Crippen LogP contribution in [0.25, 0.3) is 11.5 Å². The molecule has 0 radical (unpaired) electrons. The van der Waals surface area contributed by atoms with Crippen LogP contribution in [0.3, 0.4) is 0 Å². The molecule has 3 rings (SSSR count). The minimum Gasteiger partial charge on any atom is -0.411 e. The molecule has 0 spiro atoms. The third kappa shape index (κ3) is 3.94. The standard InChI is InChI=1S/C21H23N3O3S/c1-10-7-11(2)9-16(8-10)20-23-24-21(27-20)28-15(6)19(26)18-12(3)17(14(5)25)13(4)22-18/h7-9,15,22H,1-6H3/t15-/m0/s1. The van der Waals surface area contributed by atoms with Gasteiger partial charge in [-0.15, -0.1) is 10.2 Å². The number of hydrogen-bond acceptors (Lipinski definition) is 6. The molecule has 28 heavy (non-hydrogen) atoms. The maximum absolute atomic E-state index is 12.9. The van der Waals surface area contributed by atoms with E-state index in [1.54, 1.807) is 20.8 Å². The number of benzene rings is 1. The van der Waals surface area contributed by atoms with Crippen LogP contribution >= 0.6 is 11.8 Å². The monoisotopic (exact) mass is 397 g/mol. The Labute approximate surface area is 168 Å². The molecule has 1 N–H and O–H groups in total. The number of carbonyl (C=O) groups excluding carboxylic acids is 2. The molecular formula is C21H23N3O3S. The molecule has 0 bridgehead atoms. The number of nitrogens with one attached hydrogen (secondary N) is 1. The zero-order valence-electron chi connectivity index (χ0n) is 16.8. The molecule has 1 aromatic carbocycles. The predicted molar refractivity (Wildman–Crippen MR) is 109 cm³/mol. The molecule has 1 atom stereocenters. The van der Waals surface area contributed by atoms with Crippen LogP contribution < -0.4 is 0 Å². The summed E-state index contributed by atoms with van der Waals surface area (Å²) in [4.78, 5) is 27.7. The van der Waals surface area contributed by atoms with Gasteiger partial charge in [0.15, 0.2) is 11.6 Å². The number of H-pyrrole nitrogens is 1. The van der Waals surface area contributed by atoms with Crippen LogP contribution in [0.2, 0.25) is 0 Å².